The van der Waals surface area contributed by atoms with Gasteiger partial charge in [-0.1, -0.05) is 23.7 Å². The van der Waals surface area contributed by atoms with Crippen molar-refractivity contribution < 1.29 is 9.18 Å². The van der Waals surface area contributed by atoms with Crippen molar-refractivity contribution in [2.24, 2.45) is 0 Å². The molecule has 114 valence electrons. The first kappa shape index (κ1) is 15.0. The fourth-order valence-corrected chi connectivity index (χ4v) is 2.76. The lowest BCUT2D eigenvalue weighted by atomic mass is 9.91. The van der Waals surface area contributed by atoms with Gasteiger partial charge >= 0.3 is 0 Å². The van der Waals surface area contributed by atoms with Gasteiger partial charge in [0.25, 0.3) is 0 Å². The highest BCUT2D eigenvalue weighted by atomic mass is 35.5. The molecule has 0 bridgehead atoms. The Bertz CT molecular complexity index is 669. The van der Waals surface area contributed by atoms with Crippen molar-refractivity contribution in [1.82, 2.24) is 9.88 Å². The van der Waals surface area contributed by atoms with E-state index in [9.17, 15) is 9.18 Å². The molecule has 1 aliphatic heterocycles. The average Bonchev–Trinajstić information content (AvgIpc) is 2.46. The molecule has 3 nitrogen and oxygen atoms in total. The maximum absolute atomic E-state index is 13.0. The summed E-state index contributed by atoms with van der Waals surface area (Å²) in [6.45, 7) is 1.48. The number of likely N-dealkylation sites (tertiary alicyclic amines) is 1. The van der Waals surface area contributed by atoms with Crippen molar-refractivity contribution in [3.63, 3.8) is 0 Å². The molecule has 5 heteroatoms. The number of carbonyl (C=O) groups excluding carboxylic acids is 1. The Hall–Kier alpha value is -1.94. The van der Waals surface area contributed by atoms with Crippen LogP contribution in [0.3, 0.4) is 0 Å². The number of halogens is 2. The Morgan fingerprint density at radius 1 is 1.27 bits per heavy atom. The van der Waals surface area contributed by atoms with E-state index in [1.54, 1.807) is 6.20 Å². The largest absolute Gasteiger partial charge is 0.341 e. The number of benzene rings is 1. The first-order valence-electron chi connectivity index (χ1n) is 7.24. The number of carbonyl (C=O) groups is 1. The van der Waals surface area contributed by atoms with Gasteiger partial charge in [0, 0.05) is 36.6 Å². The van der Waals surface area contributed by atoms with Gasteiger partial charge in [0.15, 0.2) is 0 Å². The van der Waals surface area contributed by atoms with Gasteiger partial charge in [0.05, 0.1) is 6.20 Å². The Labute approximate surface area is 133 Å². The molecule has 3 rings (SSSR count). The van der Waals surface area contributed by atoms with E-state index >= 15 is 0 Å². The second-order valence-electron chi connectivity index (χ2n) is 5.56. The summed E-state index contributed by atoms with van der Waals surface area (Å²) in [5.74, 6) is 0.128. The summed E-state index contributed by atoms with van der Waals surface area (Å²) in [6, 6.07) is 9.18. The summed E-state index contributed by atoms with van der Waals surface area (Å²) in [4.78, 5) is 17.7. The van der Waals surface area contributed by atoms with E-state index in [-0.39, 0.29) is 11.7 Å². The second kappa shape index (κ2) is 6.44. The van der Waals surface area contributed by atoms with Crippen molar-refractivity contribution in [3.8, 4) is 0 Å². The molecule has 2 aromatic rings. The summed E-state index contributed by atoms with van der Waals surface area (Å²) in [5.41, 5.74) is 1.96. The predicted molar refractivity (Wildman–Crippen MR) is 83.3 cm³/mol. The topological polar surface area (TPSA) is 33.2 Å². The number of hydrogen-bond acceptors (Lipinski definition) is 2. The predicted octanol–water partition coefficient (Wildman–Crippen LogP) is 3.43. The third-order valence-corrected chi connectivity index (χ3v) is 4.22. The van der Waals surface area contributed by atoms with E-state index in [1.807, 2.05) is 29.2 Å². The first-order valence-corrected chi connectivity index (χ1v) is 7.62. The smallest absolute Gasteiger partial charge is 0.222 e. The minimum atomic E-state index is -0.364. The number of rotatable bonds is 4. The van der Waals surface area contributed by atoms with Crippen LogP contribution >= 0.6 is 11.6 Å². The molecular formula is C17H16ClFN2O. The Morgan fingerprint density at radius 3 is 2.68 bits per heavy atom. The standard InChI is InChI=1S/C17H16ClFN2O/c18-15-4-2-13(3-5-15)14-10-21(11-14)17(22)6-1-12-7-16(19)9-20-8-12/h2-5,7-9,14H,1,6,10-11H2. The van der Waals surface area contributed by atoms with Gasteiger partial charge < -0.3 is 4.90 Å². The highest BCUT2D eigenvalue weighted by Gasteiger charge is 2.31. The van der Waals surface area contributed by atoms with E-state index in [4.69, 9.17) is 11.6 Å². The lowest BCUT2D eigenvalue weighted by molar-refractivity contribution is -0.135. The first-order chi connectivity index (χ1) is 10.6. The number of pyridine rings is 1. The van der Waals surface area contributed by atoms with Gasteiger partial charge in [-0.05, 0) is 35.7 Å². The van der Waals surface area contributed by atoms with Crippen LogP contribution in [0.5, 0.6) is 0 Å². The second-order valence-corrected chi connectivity index (χ2v) is 6.00. The fraction of sp³-hybridized carbons (Fsp3) is 0.294. The quantitative estimate of drug-likeness (QED) is 0.865. The van der Waals surface area contributed by atoms with Crippen LogP contribution in [0.25, 0.3) is 0 Å². The zero-order valence-electron chi connectivity index (χ0n) is 12.0. The SMILES string of the molecule is O=C(CCc1cncc(F)c1)N1CC(c2ccc(Cl)cc2)C1. The van der Waals surface area contributed by atoms with Gasteiger partial charge in [0.1, 0.15) is 5.82 Å². The minimum Gasteiger partial charge on any atom is -0.341 e. The summed E-state index contributed by atoms with van der Waals surface area (Å²) >= 11 is 5.87. The van der Waals surface area contributed by atoms with E-state index in [1.165, 1.54) is 11.6 Å². The molecule has 0 unspecified atom stereocenters. The average molecular weight is 319 g/mol. The molecule has 1 amide bonds. The lowest BCUT2D eigenvalue weighted by Crippen LogP contribution is -2.48. The molecule has 1 saturated heterocycles. The van der Waals surface area contributed by atoms with E-state index in [2.05, 4.69) is 4.98 Å². The van der Waals surface area contributed by atoms with Crippen molar-refractivity contribution >= 4 is 17.5 Å². The lowest BCUT2D eigenvalue weighted by Gasteiger charge is -2.39. The van der Waals surface area contributed by atoms with Crippen molar-refractivity contribution in [2.45, 2.75) is 18.8 Å². The zero-order chi connectivity index (χ0) is 15.5. The molecule has 0 radical (unpaired) electrons. The molecule has 1 aromatic carbocycles. The monoisotopic (exact) mass is 318 g/mol. The Balaban J connectivity index is 1.48. The molecule has 0 saturated carbocycles. The molecule has 1 aliphatic rings. The summed E-state index contributed by atoms with van der Waals surface area (Å²) < 4.78 is 13.0. The van der Waals surface area contributed by atoms with Gasteiger partial charge in [-0.25, -0.2) is 4.39 Å². The molecule has 0 spiro atoms. The van der Waals surface area contributed by atoms with Crippen LogP contribution in [-0.4, -0.2) is 28.9 Å². The number of aryl methyl sites for hydroxylation is 1. The molecular weight excluding hydrogens is 303 g/mol. The molecule has 0 atom stereocenters. The number of nitrogens with zero attached hydrogens (tertiary/aromatic N) is 2. The fourth-order valence-electron chi connectivity index (χ4n) is 2.63. The summed E-state index contributed by atoms with van der Waals surface area (Å²) in [6.07, 6.45) is 3.67. The maximum atomic E-state index is 13.0. The maximum Gasteiger partial charge on any atom is 0.222 e. The molecule has 0 N–H and O–H groups in total. The molecule has 0 aliphatic carbocycles. The van der Waals surface area contributed by atoms with Gasteiger partial charge in [-0.2, -0.15) is 0 Å². The van der Waals surface area contributed by atoms with Crippen LogP contribution in [0.15, 0.2) is 42.7 Å². The van der Waals surface area contributed by atoms with E-state index in [0.717, 1.165) is 29.9 Å². The van der Waals surface area contributed by atoms with Crippen molar-refractivity contribution in [2.75, 3.05) is 13.1 Å². The van der Waals surface area contributed by atoms with Crippen molar-refractivity contribution in [1.29, 1.82) is 0 Å². The van der Waals surface area contributed by atoms with Crippen LogP contribution in [-0.2, 0) is 11.2 Å². The van der Waals surface area contributed by atoms with Crippen LogP contribution in [0, 0.1) is 5.82 Å². The summed E-state index contributed by atoms with van der Waals surface area (Å²) in [7, 11) is 0. The zero-order valence-corrected chi connectivity index (χ0v) is 12.8. The number of amides is 1. The van der Waals surface area contributed by atoms with Crippen LogP contribution in [0.1, 0.15) is 23.5 Å². The van der Waals surface area contributed by atoms with Gasteiger partial charge in [-0.3, -0.25) is 9.78 Å². The number of hydrogen-bond donors (Lipinski definition) is 0. The molecule has 2 heterocycles. The third-order valence-electron chi connectivity index (χ3n) is 3.96. The summed E-state index contributed by atoms with van der Waals surface area (Å²) in [5, 5.41) is 0.722. The highest BCUT2D eigenvalue weighted by Crippen LogP contribution is 2.28. The molecule has 1 aromatic heterocycles. The van der Waals surface area contributed by atoms with Crippen LogP contribution in [0.2, 0.25) is 5.02 Å². The van der Waals surface area contributed by atoms with Crippen molar-refractivity contribution in [3.05, 3.63) is 64.7 Å². The van der Waals surface area contributed by atoms with E-state index in [0.29, 0.717) is 18.8 Å². The Morgan fingerprint density at radius 2 is 2.00 bits per heavy atom. The molecule has 22 heavy (non-hydrogen) atoms. The highest BCUT2D eigenvalue weighted by molar-refractivity contribution is 6.30. The Kier molecular flexibility index (Phi) is 4.39. The number of aromatic nitrogens is 1. The van der Waals surface area contributed by atoms with Crippen LogP contribution < -0.4 is 0 Å². The molecule has 1 fully saturated rings. The van der Waals surface area contributed by atoms with E-state index < -0.39 is 0 Å². The van der Waals surface area contributed by atoms with Gasteiger partial charge in [-0.15, -0.1) is 0 Å². The third kappa shape index (κ3) is 3.45. The normalized spacial score (nSPS) is 14.7. The van der Waals surface area contributed by atoms with Crippen LogP contribution in [0.4, 0.5) is 4.39 Å². The van der Waals surface area contributed by atoms with Gasteiger partial charge in [0.2, 0.25) is 5.91 Å². The minimum absolute atomic E-state index is 0.106.